The fourth-order valence-electron chi connectivity index (χ4n) is 1.94. The molecule has 0 aliphatic carbocycles. The number of halogens is 1. The lowest BCUT2D eigenvalue weighted by atomic mass is 10.1. The van der Waals surface area contributed by atoms with Crippen LogP contribution < -0.4 is 4.74 Å². The molecule has 0 fully saturated rings. The van der Waals surface area contributed by atoms with Crippen molar-refractivity contribution in [3.63, 3.8) is 0 Å². The van der Waals surface area contributed by atoms with E-state index in [2.05, 4.69) is 0 Å². The molecule has 0 aliphatic heterocycles. The molecule has 2 aromatic carbocycles. The Bertz CT molecular complexity index is 698. The first-order chi connectivity index (χ1) is 10.0. The molecule has 0 bridgehead atoms. The first-order valence-electron chi connectivity index (χ1n) is 6.33. The lowest BCUT2D eigenvalue weighted by Gasteiger charge is -2.10. The van der Waals surface area contributed by atoms with E-state index in [0.29, 0.717) is 21.2 Å². The van der Waals surface area contributed by atoms with Crippen LogP contribution in [-0.4, -0.2) is 17.1 Å². The van der Waals surface area contributed by atoms with E-state index < -0.39 is 10.8 Å². The molecule has 3 nitrogen and oxygen atoms in total. The Hall–Kier alpha value is -1.65. The Balaban J connectivity index is 2.31. The number of ether oxygens (including phenoxy) is 1. The molecule has 0 saturated heterocycles. The minimum Gasteiger partial charge on any atom is -0.496 e. The summed E-state index contributed by atoms with van der Waals surface area (Å²) in [6.45, 7) is 1.50. The number of carbonyl (C=O) groups excluding carboxylic acids is 1. The lowest BCUT2D eigenvalue weighted by Crippen LogP contribution is -2.02. The summed E-state index contributed by atoms with van der Waals surface area (Å²) in [5.74, 6) is 0.854. The van der Waals surface area contributed by atoms with Crippen LogP contribution in [0.15, 0.2) is 47.4 Å². The van der Waals surface area contributed by atoms with Crippen molar-refractivity contribution in [1.29, 1.82) is 0 Å². The molecule has 2 rings (SSSR count). The van der Waals surface area contributed by atoms with E-state index in [1.54, 1.807) is 49.6 Å². The highest BCUT2D eigenvalue weighted by Gasteiger charge is 2.12. The number of methoxy groups -OCH3 is 1. The van der Waals surface area contributed by atoms with E-state index in [1.165, 1.54) is 6.92 Å². The van der Waals surface area contributed by atoms with Crippen LogP contribution in [0.1, 0.15) is 22.8 Å². The highest BCUT2D eigenvalue weighted by Crippen LogP contribution is 2.24. The average Bonchev–Trinajstić information content (AvgIpc) is 2.47. The fraction of sp³-hybridized carbons (Fsp3) is 0.188. The molecule has 2 aromatic rings. The zero-order chi connectivity index (χ0) is 15.4. The minimum absolute atomic E-state index is 0.0348. The normalized spacial score (nSPS) is 12.0. The van der Waals surface area contributed by atoms with E-state index in [1.807, 2.05) is 0 Å². The minimum atomic E-state index is -1.25. The predicted octanol–water partition coefficient (Wildman–Crippen LogP) is 3.86. The zero-order valence-electron chi connectivity index (χ0n) is 11.8. The molecule has 0 aromatic heterocycles. The van der Waals surface area contributed by atoms with Gasteiger partial charge in [0.2, 0.25) is 0 Å². The van der Waals surface area contributed by atoms with Crippen molar-refractivity contribution >= 4 is 28.2 Å². The number of rotatable bonds is 5. The van der Waals surface area contributed by atoms with Gasteiger partial charge in [-0.25, -0.2) is 0 Å². The molecule has 0 saturated carbocycles. The Labute approximate surface area is 131 Å². The van der Waals surface area contributed by atoms with E-state index in [0.717, 1.165) is 5.56 Å². The maximum Gasteiger partial charge on any atom is 0.159 e. The van der Waals surface area contributed by atoms with E-state index >= 15 is 0 Å². The van der Waals surface area contributed by atoms with Crippen molar-refractivity contribution in [1.82, 2.24) is 0 Å². The Morgan fingerprint density at radius 2 is 2.00 bits per heavy atom. The Morgan fingerprint density at radius 1 is 1.24 bits per heavy atom. The SMILES string of the molecule is COc1ccc(C(C)=O)cc1CS(=O)c1cccc(Cl)c1. The molecule has 5 heteroatoms. The zero-order valence-corrected chi connectivity index (χ0v) is 13.3. The van der Waals surface area contributed by atoms with Crippen molar-refractivity contribution in [2.75, 3.05) is 7.11 Å². The van der Waals surface area contributed by atoms with Crippen LogP contribution in [0.4, 0.5) is 0 Å². The van der Waals surface area contributed by atoms with E-state index in [4.69, 9.17) is 16.3 Å². The van der Waals surface area contributed by atoms with Crippen LogP contribution in [0.5, 0.6) is 5.75 Å². The third-order valence-electron chi connectivity index (χ3n) is 3.03. The third kappa shape index (κ3) is 3.93. The van der Waals surface area contributed by atoms with Crippen LogP contribution in [0.2, 0.25) is 5.02 Å². The number of hydrogen-bond donors (Lipinski definition) is 0. The molecule has 0 heterocycles. The highest BCUT2D eigenvalue weighted by atomic mass is 35.5. The van der Waals surface area contributed by atoms with Gasteiger partial charge in [-0.1, -0.05) is 17.7 Å². The van der Waals surface area contributed by atoms with Crippen LogP contribution in [0.25, 0.3) is 0 Å². The summed E-state index contributed by atoms with van der Waals surface area (Å²) >= 11 is 5.91. The van der Waals surface area contributed by atoms with Crippen molar-refractivity contribution in [3.8, 4) is 5.75 Å². The molecule has 1 unspecified atom stereocenters. The second-order valence-corrected chi connectivity index (χ2v) is 6.42. The maximum absolute atomic E-state index is 12.4. The standard InChI is InChI=1S/C16H15ClO3S/c1-11(18)12-6-7-16(20-2)13(8-12)10-21(19)15-5-3-4-14(17)9-15/h3-9H,10H2,1-2H3. The topological polar surface area (TPSA) is 43.4 Å². The molecule has 0 amide bonds. The van der Waals surface area contributed by atoms with Gasteiger partial charge in [-0.2, -0.15) is 0 Å². The van der Waals surface area contributed by atoms with Gasteiger partial charge in [0.05, 0.1) is 23.7 Å². The predicted molar refractivity (Wildman–Crippen MR) is 84.6 cm³/mol. The van der Waals surface area contributed by atoms with Crippen molar-refractivity contribution < 1.29 is 13.7 Å². The lowest BCUT2D eigenvalue weighted by molar-refractivity contribution is 0.101. The van der Waals surface area contributed by atoms with Gasteiger partial charge in [0.25, 0.3) is 0 Å². The quantitative estimate of drug-likeness (QED) is 0.785. The number of hydrogen-bond acceptors (Lipinski definition) is 3. The van der Waals surface area contributed by atoms with Crippen LogP contribution in [0.3, 0.4) is 0 Å². The molecule has 0 spiro atoms. The van der Waals surface area contributed by atoms with Gasteiger partial charge in [0.1, 0.15) is 5.75 Å². The molecular formula is C16H15ClO3S. The van der Waals surface area contributed by atoms with Gasteiger partial charge in [-0.3, -0.25) is 9.00 Å². The van der Waals surface area contributed by atoms with E-state index in [-0.39, 0.29) is 11.5 Å². The molecule has 21 heavy (non-hydrogen) atoms. The first kappa shape index (κ1) is 15.7. The summed E-state index contributed by atoms with van der Waals surface area (Å²) < 4.78 is 17.7. The monoisotopic (exact) mass is 322 g/mol. The summed E-state index contributed by atoms with van der Waals surface area (Å²) in [5, 5.41) is 0.547. The van der Waals surface area contributed by atoms with Crippen molar-refractivity contribution in [3.05, 3.63) is 58.6 Å². The number of ketones is 1. The summed E-state index contributed by atoms with van der Waals surface area (Å²) in [6.07, 6.45) is 0. The van der Waals surface area contributed by atoms with Crippen LogP contribution >= 0.6 is 11.6 Å². The molecule has 0 N–H and O–H groups in total. The first-order valence-corrected chi connectivity index (χ1v) is 8.02. The van der Waals surface area contributed by atoms with Gasteiger partial charge in [-0.05, 0) is 43.3 Å². The van der Waals surface area contributed by atoms with Crippen molar-refractivity contribution in [2.45, 2.75) is 17.6 Å². The smallest absolute Gasteiger partial charge is 0.159 e. The summed E-state index contributed by atoms with van der Waals surface area (Å²) in [6, 6.07) is 12.1. The molecule has 0 radical (unpaired) electrons. The fourth-order valence-corrected chi connectivity index (χ4v) is 3.36. The van der Waals surface area contributed by atoms with E-state index in [9.17, 15) is 9.00 Å². The molecule has 1 atom stereocenters. The largest absolute Gasteiger partial charge is 0.496 e. The summed E-state index contributed by atoms with van der Waals surface area (Å²) in [4.78, 5) is 12.1. The van der Waals surface area contributed by atoms with Gasteiger partial charge in [0.15, 0.2) is 5.78 Å². The second-order valence-electron chi connectivity index (χ2n) is 4.53. The average molecular weight is 323 g/mol. The van der Waals surface area contributed by atoms with Gasteiger partial charge in [-0.15, -0.1) is 0 Å². The Morgan fingerprint density at radius 3 is 2.62 bits per heavy atom. The van der Waals surface area contributed by atoms with Crippen molar-refractivity contribution in [2.24, 2.45) is 0 Å². The number of benzene rings is 2. The molecule has 0 aliphatic rings. The number of Topliss-reactive ketones (excluding diaryl/α,β-unsaturated/α-hetero) is 1. The molecular weight excluding hydrogens is 308 g/mol. The van der Waals surface area contributed by atoms with Gasteiger partial charge in [0, 0.05) is 21.0 Å². The summed E-state index contributed by atoms with van der Waals surface area (Å²) in [5.41, 5.74) is 1.32. The van der Waals surface area contributed by atoms with Gasteiger partial charge < -0.3 is 4.74 Å². The molecule has 110 valence electrons. The van der Waals surface area contributed by atoms with Crippen LogP contribution in [0, 0.1) is 0 Å². The maximum atomic E-state index is 12.4. The highest BCUT2D eigenvalue weighted by molar-refractivity contribution is 7.84. The van der Waals surface area contributed by atoms with Crippen LogP contribution in [-0.2, 0) is 16.6 Å². The van der Waals surface area contributed by atoms with Gasteiger partial charge >= 0.3 is 0 Å². The summed E-state index contributed by atoms with van der Waals surface area (Å²) in [7, 11) is 0.296. The number of carbonyl (C=O) groups is 1. The Kier molecular flexibility index (Phi) is 5.15. The second kappa shape index (κ2) is 6.87. The third-order valence-corrected chi connectivity index (χ3v) is 4.62.